The molecule has 0 bridgehead atoms. The van der Waals surface area contributed by atoms with Gasteiger partial charge in [-0.1, -0.05) is 13.8 Å². The maximum Gasteiger partial charge on any atom is 0.0587 e. The zero-order chi connectivity index (χ0) is 9.40. The van der Waals surface area contributed by atoms with Crippen molar-refractivity contribution in [1.29, 1.82) is 0 Å². The molecule has 0 aliphatic carbocycles. The SMILES string of the molecule is C#CCCCNC(CO)C(C)C. The minimum atomic E-state index is 0.202. The molecule has 0 saturated heterocycles. The van der Waals surface area contributed by atoms with Crippen LogP contribution in [0.3, 0.4) is 0 Å². The Morgan fingerprint density at radius 3 is 2.58 bits per heavy atom. The molecule has 0 rings (SSSR count). The molecule has 1 atom stereocenters. The summed E-state index contributed by atoms with van der Waals surface area (Å²) in [5.74, 6) is 3.06. The molecule has 1 unspecified atom stereocenters. The van der Waals surface area contributed by atoms with Crippen molar-refractivity contribution >= 4 is 0 Å². The fourth-order valence-corrected chi connectivity index (χ4v) is 0.989. The quantitative estimate of drug-likeness (QED) is 0.459. The Balaban J connectivity index is 3.40. The number of aliphatic hydroxyl groups excluding tert-OH is 1. The zero-order valence-electron chi connectivity index (χ0n) is 8.01. The third-order valence-electron chi connectivity index (χ3n) is 1.91. The van der Waals surface area contributed by atoms with Crippen LogP contribution in [0.25, 0.3) is 0 Å². The third-order valence-corrected chi connectivity index (χ3v) is 1.91. The lowest BCUT2D eigenvalue weighted by Gasteiger charge is -2.19. The molecular weight excluding hydrogens is 150 g/mol. The van der Waals surface area contributed by atoms with E-state index in [9.17, 15) is 0 Å². The van der Waals surface area contributed by atoms with E-state index in [4.69, 9.17) is 11.5 Å². The lowest BCUT2D eigenvalue weighted by molar-refractivity contribution is 0.211. The standard InChI is InChI=1S/C10H19NO/c1-4-5-6-7-11-10(8-12)9(2)3/h1,9-12H,5-8H2,2-3H3. The Hall–Kier alpha value is -0.520. The molecule has 0 saturated carbocycles. The molecule has 2 heteroatoms. The summed E-state index contributed by atoms with van der Waals surface area (Å²) in [5.41, 5.74) is 0. The number of unbranched alkanes of at least 4 members (excludes halogenated alkanes) is 1. The topological polar surface area (TPSA) is 32.3 Å². The number of hydrogen-bond donors (Lipinski definition) is 2. The Morgan fingerprint density at radius 2 is 2.17 bits per heavy atom. The fraction of sp³-hybridized carbons (Fsp3) is 0.800. The highest BCUT2D eigenvalue weighted by atomic mass is 16.3. The maximum atomic E-state index is 8.95. The first-order chi connectivity index (χ1) is 5.72. The molecule has 2 nitrogen and oxygen atoms in total. The normalized spacial score (nSPS) is 12.9. The van der Waals surface area contributed by atoms with Gasteiger partial charge in [-0.2, -0.15) is 0 Å². The molecule has 12 heavy (non-hydrogen) atoms. The van der Waals surface area contributed by atoms with Crippen molar-refractivity contribution in [3.8, 4) is 12.3 Å². The Morgan fingerprint density at radius 1 is 1.50 bits per heavy atom. The van der Waals surface area contributed by atoms with Crippen LogP contribution >= 0.6 is 0 Å². The van der Waals surface area contributed by atoms with E-state index >= 15 is 0 Å². The first-order valence-electron chi connectivity index (χ1n) is 4.50. The summed E-state index contributed by atoms with van der Waals surface area (Å²) in [4.78, 5) is 0. The molecule has 0 aliphatic heterocycles. The summed E-state index contributed by atoms with van der Waals surface area (Å²) in [6.07, 6.45) is 6.91. The van der Waals surface area contributed by atoms with E-state index in [1.807, 2.05) is 0 Å². The van der Waals surface area contributed by atoms with Gasteiger partial charge in [0.2, 0.25) is 0 Å². The van der Waals surface area contributed by atoms with E-state index in [-0.39, 0.29) is 12.6 Å². The molecule has 0 spiro atoms. The second-order valence-electron chi connectivity index (χ2n) is 3.29. The van der Waals surface area contributed by atoms with Gasteiger partial charge in [0.1, 0.15) is 0 Å². The van der Waals surface area contributed by atoms with Crippen LogP contribution in [-0.2, 0) is 0 Å². The van der Waals surface area contributed by atoms with Gasteiger partial charge in [-0.3, -0.25) is 0 Å². The van der Waals surface area contributed by atoms with Gasteiger partial charge in [0.25, 0.3) is 0 Å². The van der Waals surface area contributed by atoms with E-state index in [1.54, 1.807) is 0 Å². The first kappa shape index (κ1) is 11.5. The molecular formula is C10H19NO. The van der Waals surface area contributed by atoms with Crippen LogP contribution in [-0.4, -0.2) is 24.3 Å². The van der Waals surface area contributed by atoms with Crippen molar-refractivity contribution in [2.75, 3.05) is 13.2 Å². The van der Waals surface area contributed by atoms with Gasteiger partial charge >= 0.3 is 0 Å². The number of hydrogen-bond acceptors (Lipinski definition) is 2. The van der Waals surface area contributed by atoms with Gasteiger partial charge < -0.3 is 10.4 Å². The lowest BCUT2D eigenvalue weighted by Crippen LogP contribution is -2.37. The molecule has 0 fully saturated rings. The summed E-state index contributed by atoms with van der Waals surface area (Å²) in [7, 11) is 0. The van der Waals surface area contributed by atoms with Gasteiger partial charge in [0, 0.05) is 12.5 Å². The van der Waals surface area contributed by atoms with Crippen molar-refractivity contribution in [2.24, 2.45) is 5.92 Å². The highest BCUT2D eigenvalue weighted by molar-refractivity contribution is 4.83. The Kier molecular flexibility index (Phi) is 6.84. The van der Waals surface area contributed by atoms with Crippen molar-refractivity contribution in [1.82, 2.24) is 5.32 Å². The predicted molar refractivity (Wildman–Crippen MR) is 51.8 cm³/mol. The Bertz CT molecular complexity index is 137. The molecule has 0 heterocycles. The van der Waals surface area contributed by atoms with Crippen molar-refractivity contribution < 1.29 is 5.11 Å². The van der Waals surface area contributed by atoms with Gasteiger partial charge in [0.05, 0.1) is 6.61 Å². The first-order valence-corrected chi connectivity index (χ1v) is 4.50. The second kappa shape index (κ2) is 7.15. The minimum absolute atomic E-state index is 0.202. The van der Waals surface area contributed by atoms with Crippen molar-refractivity contribution in [3.05, 3.63) is 0 Å². The van der Waals surface area contributed by atoms with Gasteiger partial charge in [0.15, 0.2) is 0 Å². The number of terminal acetylenes is 1. The van der Waals surface area contributed by atoms with Gasteiger partial charge in [-0.05, 0) is 18.9 Å². The molecule has 70 valence electrons. The summed E-state index contributed by atoms with van der Waals surface area (Å²) in [6, 6.07) is 0.211. The Labute approximate surface area is 75.4 Å². The molecule has 0 aromatic carbocycles. The number of nitrogens with one attached hydrogen (secondary N) is 1. The zero-order valence-corrected chi connectivity index (χ0v) is 8.01. The average Bonchev–Trinajstić information content (AvgIpc) is 2.04. The van der Waals surface area contributed by atoms with E-state index in [0.29, 0.717) is 5.92 Å². The van der Waals surface area contributed by atoms with E-state index in [0.717, 1.165) is 19.4 Å². The summed E-state index contributed by atoms with van der Waals surface area (Å²) < 4.78 is 0. The number of aliphatic hydroxyl groups is 1. The minimum Gasteiger partial charge on any atom is -0.395 e. The number of rotatable bonds is 6. The largest absolute Gasteiger partial charge is 0.395 e. The molecule has 0 aliphatic rings. The molecule has 0 amide bonds. The van der Waals surface area contributed by atoms with E-state index in [2.05, 4.69) is 25.1 Å². The summed E-state index contributed by atoms with van der Waals surface area (Å²) >= 11 is 0. The molecule has 0 radical (unpaired) electrons. The van der Waals surface area contributed by atoms with Crippen LogP contribution < -0.4 is 5.32 Å². The predicted octanol–water partition coefficient (Wildman–Crippen LogP) is 1.01. The average molecular weight is 169 g/mol. The van der Waals surface area contributed by atoms with Gasteiger partial charge in [-0.15, -0.1) is 12.3 Å². The van der Waals surface area contributed by atoms with Gasteiger partial charge in [-0.25, -0.2) is 0 Å². The van der Waals surface area contributed by atoms with Crippen LogP contribution in [0, 0.1) is 18.3 Å². The van der Waals surface area contributed by atoms with Crippen LogP contribution in [0.1, 0.15) is 26.7 Å². The fourth-order valence-electron chi connectivity index (χ4n) is 0.989. The summed E-state index contributed by atoms with van der Waals surface area (Å²) in [6.45, 7) is 5.28. The molecule has 0 aromatic heterocycles. The van der Waals surface area contributed by atoms with E-state index in [1.165, 1.54) is 0 Å². The van der Waals surface area contributed by atoms with Crippen LogP contribution in [0.5, 0.6) is 0 Å². The second-order valence-corrected chi connectivity index (χ2v) is 3.29. The van der Waals surface area contributed by atoms with Crippen molar-refractivity contribution in [3.63, 3.8) is 0 Å². The summed E-state index contributed by atoms with van der Waals surface area (Å²) in [5, 5.41) is 12.2. The third kappa shape index (κ3) is 5.17. The van der Waals surface area contributed by atoms with Crippen molar-refractivity contribution in [2.45, 2.75) is 32.7 Å². The molecule has 2 N–H and O–H groups in total. The maximum absolute atomic E-state index is 8.95. The molecule has 0 aromatic rings. The van der Waals surface area contributed by atoms with Crippen LogP contribution in [0.2, 0.25) is 0 Å². The highest BCUT2D eigenvalue weighted by Crippen LogP contribution is 2.00. The highest BCUT2D eigenvalue weighted by Gasteiger charge is 2.09. The van der Waals surface area contributed by atoms with Crippen LogP contribution in [0.4, 0.5) is 0 Å². The lowest BCUT2D eigenvalue weighted by atomic mass is 10.1. The smallest absolute Gasteiger partial charge is 0.0587 e. The van der Waals surface area contributed by atoms with E-state index < -0.39 is 0 Å². The van der Waals surface area contributed by atoms with Crippen LogP contribution in [0.15, 0.2) is 0 Å². The monoisotopic (exact) mass is 169 g/mol.